The van der Waals surface area contributed by atoms with E-state index in [1.54, 1.807) is 6.20 Å². The third-order valence-corrected chi connectivity index (χ3v) is 4.37. The molecule has 0 saturated carbocycles. The van der Waals surface area contributed by atoms with Crippen molar-refractivity contribution in [1.29, 1.82) is 0 Å². The summed E-state index contributed by atoms with van der Waals surface area (Å²) in [5.74, 6) is -2.92. The van der Waals surface area contributed by atoms with Crippen molar-refractivity contribution in [3.8, 4) is 0 Å². The number of aliphatic carboxylic acids is 1. The number of fused-ring (bicyclic) bond motifs is 1. The van der Waals surface area contributed by atoms with Gasteiger partial charge in [-0.25, -0.2) is 0 Å². The molecular weight excluding hydrogens is 378 g/mol. The van der Waals surface area contributed by atoms with Gasteiger partial charge in [0, 0.05) is 17.1 Å². The number of nitrogens with two attached hydrogens (primary N) is 1. The number of carbonyl (C=O) groups is 4. The molecule has 156 valence electrons. The number of aromatic amines is 1. The number of benzene rings is 1. The predicted octanol–water partition coefficient (Wildman–Crippen LogP) is -0.752. The van der Waals surface area contributed by atoms with E-state index >= 15 is 0 Å². The van der Waals surface area contributed by atoms with E-state index < -0.39 is 41.8 Å². The van der Waals surface area contributed by atoms with Crippen LogP contribution in [-0.2, 0) is 25.6 Å². The number of H-pyrrole nitrogens is 1. The first kappa shape index (κ1) is 21.9. The minimum Gasteiger partial charge on any atom is -0.480 e. The van der Waals surface area contributed by atoms with E-state index in [1.807, 2.05) is 24.3 Å². The van der Waals surface area contributed by atoms with Crippen LogP contribution in [0, 0.1) is 0 Å². The van der Waals surface area contributed by atoms with Crippen molar-refractivity contribution < 1.29 is 24.3 Å². The summed E-state index contributed by atoms with van der Waals surface area (Å²) in [6.45, 7) is 2.36. The van der Waals surface area contributed by atoms with Crippen molar-refractivity contribution in [3.05, 3.63) is 36.0 Å². The summed E-state index contributed by atoms with van der Waals surface area (Å²) in [5.41, 5.74) is 7.78. The molecule has 2 rings (SSSR count). The zero-order chi connectivity index (χ0) is 21.6. The fourth-order valence-corrected chi connectivity index (χ4v) is 2.69. The topological polar surface area (TPSA) is 166 Å². The van der Waals surface area contributed by atoms with Gasteiger partial charge < -0.3 is 31.8 Å². The molecule has 3 atom stereocenters. The lowest BCUT2D eigenvalue weighted by atomic mass is 10.1. The van der Waals surface area contributed by atoms with Crippen LogP contribution >= 0.6 is 0 Å². The largest absolute Gasteiger partial charge is 0.480 e. The molecule has 7 N–H and O–H groups in total. The molecule has 0 fully saturated rings. The minimum absolute atomic E-state index is 0.295. The van der Waals surface area contributed by atoms with E-state index in [0.29, 0.717) is 6.42 Å². The van der Waals surface area contributed by atoms with E-state index in [1.165, 1.54) is 13.8 Å². The molecule has 0 aliphatic carbocycles. The first-order valence-electron chi connectivity index (χ1n) is 9.10. The molecule has 3 amide bonds. The average molecular weight is 403 g/mol. The summed E-state index contributed by atoms with van der Waals surface area (Å²) in [4.78, 5) is 49.8. The second-order valence-corrected chi connectivity index (χ2v) is 6.75. The highest BCUT2D eigenvalue weighted by atomic mass is 16.4. The molecule has 10 nitrogen and oxygen atoms in total. The van der Waals surface area contributed by atoms with Gasteiger partial charge in [-0.2, -0.15) is 0 Å². The molecule has 0 bridgehead atoms. The predicted molar refractivity (Wildman–Crippen MR) is 106 cm³/mol. The van der Waals surface area contributed by atoms with Crippen molar-refractivity contribution in [2.45, 2.75) is 38.4 Å². The normalized spacial score (nSPS) is 13.9. The molecule has 0 aliphatic rings. The van der Waals surface area contributed by atoms with Crippen molar-refractivity contribution >= 4 is 34.6 Å². The third kappa shape index (κ3) is 6.04. The minimum atomic E-state index is -1.19. The summed E-state index contributed by atoms with van der Waals surface area (Å²) in [5, 5.41) is 16.8. The number of amides is 3. The highest BCUT2D eigenvalue weighted by molar-refractivity contribution is 5.92. The Morgan fingerprint density at radius 1 is 1.07 bits per heavy atom. The van der Waals surface area contributed by atoms with Crippen molar-refractivity contribution in [2.24, 2.45) is 5.73 Å². The fourth-order valence-electron chi connectivity index (χ4n) is 2.69. The Hall–Kier alpha value is -3.40. The van der Waals surface area contributed by atoms with Crippen LogP contribution < -0.4 is 21.7 Å². The zero-order valence-corrected chi connectivity index (χ0v) is 16.2. The Morgan fingerprint density at radius 2 is 1.76 bits per heavy atom. The number of carboxylic acids is 1. The van der Waals surface area contributed by atoms with Gasteiger partial charge in [0.2, 0.25) is 17.7 Å². The monoisotopic (exact) mass is 403 g/mol. The van der Waals surface area contributed by atoms with E-state index in [0.717, 1.165) is 16.5 Å². The van der Waals surface area contributed by atoms with E-state index in [9.17, 15) is 19.2 Å². The lowest BCUT2D eigenvalue weighted by Crippen LogP contribution is -2.52. The van der Waals surface area contributed by atoms with Crippen LogP contribution in [0.4, 0.5) is 0 Å². The lowest BCUT2D eigenvalue weighted by Gasteiger charge is -2.17. The van der Waals surface area contributed by atoms with Gasteiger partial charge in [0.15, 0.2) is 0 Å². The molecule has 0 spiro atoms. The van der Waals surface area contributed by atoms with Crippen molar-refractivity contribution in [1.82, 2.24) is 20.9 Å². The van der Waals surface area contributed by atoms with E-state index in [4.69, 9.17) is 10.8 Å². The Labute approximate surface area is 167 Å². The molecule has 3 unspecified atom stereocenters. The Kier molecular flexibility index (Phi) is 7.32. The molecule has 10 heteroatoms. The maximum atomic E-state index is 12.2. The highest BCUT2D eigenvalue weighted by Crippen LogP contribution is 2.18. The Balaban J connectivity index is 1.79. The maximum absolute atomic E-state index is 12.2. The maximum Gasteiger partial charge on any atom is 0.325 e. The second-order valence-electron chi connectivity index (χ2n) is 6.75. The SMILES string of the molecule is CC(NC(=O)C(C)NC(=O)CNC(=O)C(N)Cc1c[nH]c2ccccc12)C(=O)O. The van der Waals surface area contributed by atoms with E-state index in [2.05, 4.69) is 20.9 Å². The summed E-state index contributed by atoms with van der Waals surface area (Å²) >= 11 is 0. The van der Waals surface area contributed by atoms with Gasteiger partial charge in [0.1, 0.15) is 12.1 Å². The molecule has 1 heterocycles. The van der Waals surface area contributed by atoms with Gasteiger partial charge in [-0.3, -0.25) is 19.2 Å². The van der Waals surface area contributed by atoms with Gasteiger partial charge in [-0.1, -0.05) is 18.2 Å². The number of aromatic nitrogens is 1. The van der Waals surface area contributed by atoms with Crippen LogP contribution in [0.15, 0.2) is 30.5 Å². The van der Waals surface area contributed by atoms with Crippen LogP contribution in [0.2, 0.25) is 0 Å². The Bertz CT molecular complexity index is 909. The second kappa shape index (κ2) is 9.69. The summed E-state index contributed by atoms with van der Waals surface area (Å²) < 4.78 is 0. The fraction of sp³-hybridized carbons (Fsp3) is 0.368. The number of hydrogen-bond donors (Lipinski definition) is 6. The van der Waals surface area contributed by atoms with Gasteiger partial charge in [0.25, 0.3) is 0 Å². The first-order chi connectivity index (χ1) is 13.7. The number of carbonyl (C=O) groups excluding carboxylic acids is 3. The molecule has 0 radical (unpaired) electrons. The smallest absolute Gasteiger partial charge is 0.325 e. The number of carboxylic acid groups (broad SMARTS) is 1. The average Bonchev–Trinajstić information content (AvgIpc) is 3.08. The highest BCUT2D eigenvalue weighted by Gasteiger charge is 2.21. The first-order valence-corrected chi connectivity index (χ1v) is 9.10. The van der Waals surface area contributed by atoms with Crippen LogP contribution in [-0.4, -0.2) is 58.5 Å². The molecule has 1 aromatic carbocycles. The van der Waals surface area contributed by atoms with Gasteiger partial charge >= 0.3 is 5.97 Å². The van der Waals surface area contributed by atoms with E-state index in [-0.39, 0.29) is 6.54 Å². The van der Waals surface area contributed by atoms with Crippen LogP contribution in [0.1, 0.15) is 19.4 Å². The Morgan fingerprint density at radius 3 is 2.45 bits per heavy atom. The number of hydrogen-bond acceptors (Lipinski definition) is 5. The van der Waals surface area contributed by atoms with Gasteiger partial charge in [0.05, 0.1) is 12.6 Å². The summed E-state index contributed by atoms with van der Waals surface area (Å²) in [6, 6.07) is 4.76. The van der Waals surface area contributed by atoms with Crippen LogP contribution in [0.3, 0.4) is 0 Å². The number of rotatable bonds is 9. The summed E-state index contributed by atoms with van der Waals surface area (Å²) in [7, 11) is 0. The third-order valence-electron chi connectivity index (χ3n) is 4.37. The van der Waals surface area contributed by atoms with Gasteiger partial charge in [-0.15, -0.1) is 0 Å². The number of nitrogens with one attached hydrogen (secondary N) is 4. The van der Waals surface area contributed by atoms with Crippen molar-refractivity contribution in [2.75, 3.05) is 6.54 Å². The van der Waals surface area contributed by atoms with Crippen LogP contribution in [0.5, 0.6) is 0 Å². The summed E-state index contributed by atoms with van der Waals surface area (Å²) in [6.07, 6.45) is 2.09. The van der Waals surface area contributed by atoms with Crippen molar-refractivity contribution in [3.63, 3.8) is 0 Å². The number of para-hydroxylation sites is 1. The van der Waals surface area contributed by atoms with Crippen LogP contribution in [0.25, 0.3) is 10.9 Å². The molecule has 0 saturated heterocycles. The molecule has 1 aromatic heterocycles. The molecule has 2 aromatic rings. The molecule has 0 aliphatic heterocycles. The lowest BCUT2D eigenvalue weighted by molar-refractivity contribution is -0.141. The standard InChI is InChI=1S/C19H25N5O5/c1-10(17(26)24-11(2)19(28)29)23-16(25)9-22-18(27)14(20)7-12-8-21-15-6-4-3-5-13(12)15/h3-6,8,10-11,14,21H,7,9,20H2,1-2H3,(H,22,27)(H,23,25)(H,24,26)(H,28,29). The molecular formula is C19H25N5O5. The molecule has 29 heavy (non-hydrogen) atoms. The quantitative estimate of drug-likeness (QED) is 0.322. The van der Waals surface area contributed by atoms with Gasteiger partial charge in [-0.05, 0) is 31.9 Å². The zero-order valence-electron chi connectivity index (χ0n) is 16.2.